The molecular weight excluding hydrogens is 421 g/mol. The van der Waals surface area contributed by atoms with E-state index in [1.54, 1.807) is 23.7 Å². The molecule has 0 unspecified atom stereocenters. The van der Waals surface area contributed by atoms with E-state index < -0.39 is 0 Å². The fourth-order valence-electron chi connectivity index (χ4n) is 1.54. The van der Waals surface area contributed by atoms with Crippen molar-refractivity contribution < 1.29 is 4.79 Å². The van der Waals surface area contributed by atoms with Crippen LogP contribution in [0, 0.1) is 10.5 Å². The molecule has 0 fully saturated rings. The van der Waals surface area contributed by atoms with Crippen LogP contribution in [0.2, 0.25) is 0 Å². The number of nitrogens with zero attached hydrogens (tertiary/aromatic N) is 3. The predicted molar refractivity (Wildman–Crippen MR) is 95.1 cm³/mol. The van der Waals surface area contributed by atoms with Gasteiger partial charge in [0.15, 0.2) is 5.11 Å². The van der Waals surface area contributed by atoms with Gasteiger partial charge in [0.2, 0.25) is 5.16 Å². The van der Waals surface area contributed by atoms with Crippen molar-refractivity contribution >= 4 is 57.6 Å². The first-order valence-electron chi connectivity index (χ1n) is 5.85. The minimum atomic E-state index is -0.262. The van der Waals surface area contributed by atoms with Gasteiger partial charge in [-0.05, 0) is 66.2 Å². The number of rotatable bonds is 3. The minimum absolute atomic E-state index is 0.192. The summed E-state index contributed by atoms with van der Waals surface area (Å²) in [6.45, 7) is 1.80. The van der Waals surface area contributed by atoms with Crippen molar-refractivity contribution in [1.82, 2.24) is 20.2 Å². The molecule has 0 saturated carbocycles. The maximum atomic E-state index is 12.1. The Bertz CT molecular complexity index is 688. The summed E-state index contributed by atoms with van der Waals surface area (Å²) in [6, 6.07) is 7.26. The Morgan fingerprint density at radius 3 is 2.86 bits per heavy atom. The Balaban J connectivity index is 2.05. The SMILES string of the molecule is CSc1nnc(C)n1NC(=S)NC(=O)c1cccc(I)c1. The standard InChI is InChI=1S/C12H12IN5OS2/c1-7-15-16-12(21-2)18(7)17-11(20)14-10(19)8-4-3-5-9(13)6-8/h3-6H,1-2H3,(H2,14,17,19,20). The molecule has 2 N–H and O–H groups in total. The molecule has 6 nitrogen and oxygen atoms in total. The number of thiocarbonyl (C=S) groups is 1. The molecule has 21 heavy (non-hydrogen) atoms. The largest absolute Gasteiger partial charge is 0.298 e. The van der Waals surface area contributed by atoms with Crippen LogP contribution in [0.4, 0.5) is 0 Å². The zero-order valence-corrected chi connectivity index (χ0v) is 15.0. The molecule has 1 aromatic heterocycles. The van der Waals surface area contributed by atoms with E-state index in [-0.39, 0.29) is 11.0 Å². The molecule has 110 valence electrons. The molecule has 0 radical (unpaired) electrons. The van der Waals surface area contributed by atoms with Gasteiger partial charge in [-0.15, -0.1) is 10.2 Å². The molecule has 1 aromatic carbocycles. The fourth-order valence-corrected chi connectivity index (χ4v) is 2.75. The third kappa shape index (κ3) is 4.14. The van der Waals surface area contributed by atoms with Crippen LogP contribution in [0.3, 0.4) is 0 Å². The molecule has 0 aliphatic rings. The van der Waals surface area contributed by atoms with Crippen molar-refractivity contribution in [3.05, 3.63) is 39.2 Å². The van der Waals surface area contributed by atoms with E-state index in [0.717, 1.165) is 3.57 Å². The second-order valence-corrected chi connectivity index (χ2v) is 6.40. The number of carbonyl (C=O) groups excluding carboxylic acids is 1. The number of benzene rings is 1. The maximum Gasteiger partial charge on any atom is 0.257 e. The average molecular weight is 433 g/mol. The molecule has 0 aliphatic heterocycles. The Labute approximate surface area is 145 Å². The summed E-state index contributed by atoms with van der Waals surface area (Å²) in [5, 5.41) is 11.4. The Morgan fingerprint density at radius 2 is 2.19 bits per heavy atom. The average Bonchev–Trinajstić information content (AvgIpc) is 2.79. The Hall–Kier alpha value is -1.20. The summed E-state index contributed by atoms with van der Waals surface area (Å²) in [6.07, 6.45) is 1.88. The van der Waals surface area contributed by atoms with E-state index in [1.165, 1.54) is 11.8 Å². The smallest absolute Gasteiger partial charge is 0.257 e. The lowest BCUT2D eigenvalue weighted by molar-refractivity contribution is 0.0977. The highest BCUT2D eigenvalue weighted by molar-refractivity contribution is 14.1. The van der Waals surface area contributed by atoms with Crippen LogP contribution in [-0.4, -0.2) is 32.1 Å². The molecule has 0 saturated heterocycles. The maximum absolute atomic E-state index is 12.1. The molecule has 1 amide bonds. The molecule has 2 rings (SSSR count). The zero-order valence-electron chi connectivity index (χ0n) is 11.3. The van der Waals surface area contributed by atoms with E-state index in [9.17, 15) is 4.79 Å². The van der Waals surface area contributed by atoms with E-state index in [0.29, 0.717) is 16.5 Å². The third-order valence-corrected chi connectivity index (χ3v) is 4.00. The van der Waals surface area contributed by atoms with Crippen molar-refractivity contribution in [3.8, 4) is 0 Å². The van der Waals surface area contributed by atoms with Crippen molar-refractivity contribution in [1.29, 1.82) is 0 Å². The van der Waals surface area contributed by atoms with Gasteiger partial charge in [-0.1, -0.05) is 17.8 Å². The van der Waals surface area contributed by atoms with Gasteiger partial charge in [0.05, 0.1) is 0 Å². The van der Waals surface area contributed by atoms with Crippen LogP contribution >= 0.6 is 46.6 Å². The molecule has 0 bridgehead atoms. The highest BCUT2D eigenvalue weighted by Crippen LogP contribution is 2.11. The van der Waals surface area contributed by atoms with Crippen molar-refractivity contribution in [2.45, 2.75) is 12.1 Å². The summed E-state index contributed by atoms with van der Waals surface area (Å²) in [7, 11) is 0. The summed E-state index contributed by atoms with van der Waals surface area (Å²) < 4.78 is 2.61. The van der Waals surface area contributed by atoms with Crippen molar-refractivity contribution in [3.63, 3.8) is 0 Å². The van der Waals surface area contributed by atoms with E-state index in [1.807, 2.05) is 18.4 Å². The summed E-state index contributed by atoms with van der Waals surface area (Å²) >= 11 is 8.73. The molecule has 9 heteroatoms. The summed E-state index contributed by atoms with van der Waals surface area (Å²) in [4.78, 5) is 12.1. The topological polar surface area (TPSA) is 71.8 Å². The number of halogens is 1. The number of thioether (sulfide) groups is 1. The van der Waals surface area contributed by atoms with E-state index in [2.05, 4.69) is 43.5 Å². The minimum Gasteiger partial charge on any atom is -0.298 e. The second kappa shape index (κ2) is 7.18. The molecule has 0 atom stereocenters. The highest BCUT2D eigenvalue weighted by Gasteiger charge is 2.12. The van der Waals surface area contributed by atoms with Gasteiger partial charge in [-0.3, -0.25) is 15.5 Å². The number of nitrogens with one attached hydrogen (secondary N) is 2. The number of amides is 1. The molecule has 0 aliphatic carbocycles. The van der Waals surface area contributed by atoms with Gasteiger partial charge >= 0.3 is 0 Å². The van der Waals surface area contributed by atoms with Gasteiger partial charge in [-0.25, -0.2) is 4.68 Å². The van der Waals surface area contributed by atoms with Crippen molar-refractivity contribution in [2.75, 3.05) is 11.7 Å². The normalized spacial score (nSPS) is 10.2. The molecule has 1 heterocycles. The lowest BCUT2D eigenvalue weighted by Gasteiger charge is -2.12. The molecule has 0 spiro atoms. The number of aryl methyl sites for hydroxylation is 1. The zero-order chi connectivity index (χ0) is 15.4. The van der Waals surface area contributed by atoms with Gasteiger partial charge in [0.1, 0.15) is 5.82 Å². The van der Waals surface area contributed by atoms with Gasteiger partial charge < -0.3 is 0 Å². The number of carbonyl (C=O) groups is 1. The van der Waals surface area contributed by atoms with Crippen LogP contribution < -0.4 is 10.7 Å². The summed E-state index contributed by atoms with van der Waals surface area (Å²) in [5.74, 6) is 0.396. The first kappa shape index (κ1) is 16.2. The first-order chi connectivity index (χ1) is 10.0. The Morgan fingerprint density at radius 1 is 1.43 bits per heavy atom. The van der Waals surface area contributed by atoms with Crippen LogP contribution in [0.15, 0.2) is 29.4 Å². The first-order valence-corrected chi connectivity index (χ1v) is 8.56. The van der Waals surface area contributed by atoms with E-state index >= 15 is 0 Å². The second-order valence-electron chi connectivity index (χ2n) is 3.97. The lowest BCUT2D eigenvalue weighted by Crippen LogP contribution is -2.38. The Kier molecular flexibility index (Phi) is 5.53. The number of hydrogen-bond donors (Lipinski definition) is 2. The van der Waals surface area contributed by atoms with Crippen LogP contribution in [0.5, 0.6) is 0 Å². The van der Waals surface area contributed by atoms with Crippen LogP contribution in [0.25, 0.3) is 0 Å². The highest BCUT2D eigenvalue weighted by atomic mass is 127. The molecule has 2 aromatic rings. The monoisotopic (exact) mass is 433 g/mol. The quantitative estimate of drug-likeness (QED) is 0.439. The van der Waals surface area contributed by atoms with Gasteiger partial charge in [0.25, 0.3) is 5.91 Å². The van der Waals surface area contributed by atoms with Gasteiger partial charge in [0, 0.05) is 9.13 Å². The predicted octanol–water partition coefficient (Wildman–Crippen LogP) is 2.17. The summed E-state index contributed by atoms with van der Waals surface area (Å²) in [5.41, 5.74) is 3.45. The molecular formula is C12H12IN5OS2. The van der Waals surface area contributed by atoms with Crippen molar-refractivity contribution in [2.24, 2.45) is 0 Å². The van der Waals surface area contributed by atoms with Crippen LogP contribution in [-0.2, 0) is 0 Å². The third-order valence-electron chi connectivity index (χ3n) is 2.50. The number of hydrogen-bond acceptors (Lipinski definition) is 5. The van der Waals surface area contributed by atoms with Gasteiger partial charge in [-0.2, -0.15) is 0 Å². The van der Waals surface area contributed by atoms with Crippen LogP contribution in [0.1, 0.15) is 16.2 Å². The lowest BCUT2D eigenvalue weighted by atomic mass is 10.2. The van der Waals surface area contributed by atoms with E-state index in [4.69, 9.17) is 12.2 Å². The number of aromatic nitrogens is 3. The fraction of sp³-hybridized carbons (Fsp3) is 0.167.